The number of anilines is 1. The maximum Gasteiger partial charge on any atom is 0.319 e. The van der Waals surface area contributed by atoms with Crippen molar-refractivity contribution in [3.63, 3.8) is 0 Å². The van der Waals surface area contributed by atoms with Gasteiger partial charge in [-0.3, -0.25) is 0 Å². The third kappa shape index (κ3) is 5.33. The number of sulfonamides is 1. The SMILES string of the molecule is Cc1nc(Cl)ccc1NC(=O)NCC1CCCN(S(C)(=O)=O)C1. The number of piperidine rings is 1. The number of nitrogens with zero attached hydrogens (tertiary/aromatic N) is 2. The fourth-order valence-corrected chi connectivity index (χ4v) is 3.69. The number of halogens is 1. The normalized spacial score (nSPS) is 19.3. The van der Waals surface area contributed by atoms with E-state index in [1.54, 1.807) is 19.1 Å². The van der Waals surface area contributed by atoms with E-state index >= 15 is 0 Å². The molecule has 0 saturated carbocycles. The molecular weight excluding hydrogens is 340 g/mol. The smallest absolute Gasteiger partial charge is 0.319 e. The number of nitrogens with one attached hydrogen (secondary N) is 2. The van der Waals surface area contributed by atoms with E-state index in [1.165, 1.54) is 10.6 Å². The minimum Gasteiger partial charge on any atom is -0.338 e. The zero-order valence-corrected chi connectivity index (χ0v) is 14.7. The lowest BCUT2D eigenvalue weighted by molar-refractivity contribution is 0.239. The summed E-state index contributed by atoms with van der Waals surface area (Å²) in [6.45, 7) is 3.18. The second kappa shape index (κ2) is 7.46. The summed E-state index contributed by atoms with van der Waals surface area (Å²) in [5.41, 5.74) is 1.22. The molecule has 1 saturated heterocycles. The fourth-order valence-electron chi connectivity index (χ4n) is 2.56. The highest BCUT2D eigenvalue weighted by atomic mass is 35.5. The highest BCUT2D eigenvalue weighted by molar-refractivity contribution is 7.88. The molecule has 1 aromatic rings. The Bertz CT molecular complexity index is 681. The van der Waals surface area contributed by atoms with Gasteiger partial charge in [0.05, 0.1) is 17.6 Å². The molecule has 1 aromatic heterocycles. The number of carbonyl (C=O) groups is 1. The van der Waals surface area contributed by atoms with Crippen LogP contribution in [0.4, 0.5) is 10.5 Å². The lowest BCUT2D eigenvalue weighted by atomic mass is 10.00. The van der Waals surface area contributed by atoms with Crippen LogP contribution in [-0.2, 0) is 10.0 Å². The standard InChI is InChI=1S/C14H21ClN4O3S/c1-10-12(5-6-13(15)17-10)18-14(20)16-8-11-4-3-7-19(9-11)23(2,21)22/h5-6,11H,3-4,7-9H2,1-2H3,(H2,16,18,20). The summed E-state index contributed by atoms with van der Waals surface area (Å²) in [5, 5.41) is 5.87. The molecule has 1 atom stereocenters. The van der Waals surface area contributed by atoms with Gasteiger partial charge in [0.25, 0.3) is 0 Å². The van der Waals surface area contributed by atoms with Crippen LogP contribution in [-0.4, -0.2) is 49.6 Å². The molecule has 0 radical (unpaired) electrons. The Kier molecular flexibility index (Phi) is 5.83. The van der Waals surface area contributed by atoms with Gasteiger partial charge in [-0.15, -0.1) is 0 Å². The van der Waals surface area contributed by atoms with Crippen LogP contribution in [0.3, 0.4) is 0 Å². The van der Waals surface area contributed by atoms with E-state index in [2.05, 4.69) is 15.6 Å². The number of amides is 2. The van der Waals surface area contributed by atoms with E-state index in [-0.39, 0.29) is 11.9 Å². The fraction of sp³-hybridized carbons (Fsp3) is 0.571. The largest absolute Gasteiger partial charge is 0.338 e. The van der Waals surface area contributed by atoms with Gasteiger partial charge in [-0.2, -0.15) is 0 Å². The molecule has 9 heteroatoms. The van der Waals surface area contributed by atoms with E-state index in [0.29, 0.717) is 36.2 Å². The first kappa shape index (κ1) is 18.0. The van der Waals surface area contributed by atoms with Gasteiger partial charge in [0.2, 0.25) is 10.0 Å². The van der Waals surface area contributed by atoms with E-state index in [9.17, 15) is 13.2 Å². The number of aromatic nitrogens is 1. The highest BCUT2D eigenvalue weighted by Gasteiger charge is 2.26. The summed E-state index contributed by atoms with van der Waals surface area (Å²) in [5.74, 6) is 0.119. The van der Waals surface area contributed by atoms with Crippen molar-refractivity contribution in [2.45, 2.75) is 19.8 Å². The summed E-state index contributed by atoms with van der Waals surface area (Å²) < 4.78 is 24.6. The van der Waals surface area contributed by atoms with Crippen molar-refractivity contribution in [3.8, 4) is 0 Å². The Morgan fingerprint density at radius 2 is 2.22 bits per heavy atom. The quantitative estimate of drug-likeness (QED) is 0.801. The first-order chi connectivity index (χ1) is 10.8. The topological polar surface area (TPSA) is 91.4 Å². The number of aryl methyl sites for hydroxylation is 1. The van der Waals surface area contributed by atoms with E-state index in [4.69, 9.17) is 11.6 Å². The van der Waals surface area contributed by atoms with Gasteiger partial charge in [-0.25, -0.2) is 22.5 Å². The molecule has 1 fully saturated rings. The second-order valence-electron chi connectivity index (χ2n) is 5.73. The lowest BCUT2D eigenvalue weighted by Crippen LogP contribution is -2.43. The van der Waals surface area contributed by atoms with Crippen LogP contribution in [0.15, 0.2) is 12.1 Å². The van der Waals surface area contributed by atoms with Crippen molar-refractivity contribution in [1.82, 2.24) is 14.6 Å². The van der Waals surface area contributed by atoms with Crippen molar-refractivity contribution in [1.29, 1.82) is 0 Å². The first-order valence-corrected chi connectivity index (χ1v) is 9.61. The van der Waals surface area contributed by atoms with E-state index in [1.807, 2.05) is 0 Å². The van der Waals surface area contributed by atoms with Gasteiger partial charge in [0.15, 0.2) is 0 Å². The van der Waals surface area contributed by atoms with Gasteiger partial charge >= 0.3 is 6.03 Å². The molecule has 0 bridgehead atoms. The van der Waals surface area contributed by atoms with Crippen LogP contribution in [0.1, 0.15) is 18.5 Å². The number of urea groups is 1. The second-order valence-corrected chi connectivity index (χ2v) is 8.10. The minimum absolute atomic E-state index is 0.119. The predicted molar refractivity (Wildman–Crippen MR) is 90.1 cm³/mol. The molecule has 1 aliphatic heterocycles. The molecule has 2 amide bonds. The highest BCUT2D eigenvalue weighted by Crippen LogP contribution is 2.18. The monoisotopic (exact) mass is 360 g/mol. The molecule has 1 aliphatic rings. The van der Waals surface area contributed by atoms with Crippen molar-refractivity contribution in [2.24, 2.45) is 5.92 Å². The van der Waals surface area contributed by atoms with Gasteiger partial charge in [0, 0.05) is 19.6 Å². The van der Waals surface area contributed by atoms with Crippen LogP contribution in [0.25, 0.3) is 0 Å². The molecule has 1 unspecified atom stereocenters. The predicted octanol–water partition coefficient (Wildman–Crippen LogP) is 1.84. The van der Waals surface area contributed by atoms with Crippen LogP contribution in [0, 0.1) is 12.8 Å². The molecular formula is C14H21ClN4O3S. The van der Waals surface area contributed by atoms with Crippen molar-refractivity contribution >= 4 is 33.3 Å². The lowest BCUT2D eigenvalue weighted by Gasteiger charge is -2.30. The molecule has 0 aliphatic carbocycles. The first-order valence-electron chi connectivity index (χ1n) is 7.39. The number of pyridine rings is 1. The maximum absolute atomic E-state index is 12.0. The van der Waals surface area contributed by atoms with Crippen LogP contribution >= 0.6 is 11.6 Å². The Balaban J connectivity index is 1.84. The number of hydrogen-bond acceptors (Lipinski definition) is 4. The Hall–Kier alpha value is -1.38. The Morgan fingerprint density at radius 3 is 2.87 bits per heavy atom. The van der Waals surface area contributed by atoms with Crippen molar-refractivity contribution in [3.05, 3.63) is 23.0 Å². The zero-order chi connectivity index (χ0) is 17.0. The van der Waals surface area contributed by atoms with E-state index < -0.39 is 10.0 Å². The summed E-state index contributed by atoms with van der Waals surface area (Å²) >= 11 is 5.77. The molecule has 23 heavy (non-hydrogen) atoms. The summed E-state index contributed by atoms with van der Waals surface area (Å²) in [7, 11) is -3.17. The van der Waals surface area contributed by atoms with Crippen molar-refractivity contribution < 1.29 is 13.2 Å². The number of rotatable bonds is 4. The minimum atomic E-state index is -3.17. The summed E-state index contributed by atoms with van der Waals surface area (Å²) in [6, 6.07) is 2.96. The van der Waals surface area contributed by atoms with Crippen molar-refractivity contribution in [2.75, 3.05) is 31.2 Å². The maximum atomic E-state index is 12.0. The zero-order valence-electron chi connectivity index (χ0n) is 13.2. The third-order valence-electron chi connectivity index (χ3n) is 3.80. The molecule has 2 rings (SSSR count). The molecule has 2 N–H and O–H groups in total. The molecule has 7 nitrogen and oxygen atoms in total. The molecule has 0 aromatic carbocycles. The van der Waals surface area contributed by atoms with Gasteiger partial charge in [-0.1, -0.05) is 11.6 Å². The number of hydrogen-bond donors (Lipinski definition) is 2. The van der Waals surface area contributed by atoms with Crippen LogP contribution < -0.4 is 10.6 Å². The van der Waals surface area contributed by atoms with Gasteiger partial charge in [0.1, 0.15) is 5.15 Å². The summed E-state index contributed by atoms with van der Waals surface area (Å²) in [4.78, 5) is 16.0. The summed E-state index contributed by atoms with van der Waals surface area (Å²) in [6.07, 6.45) is 2.92. The Labute approximate surface area is 141 Å². The van der Waals surface area contributed by atoms with Crippen LogP contribution in [0.2, 0.25) is 5.15 Å². The van der Waals surface area contributed by atoms with Gasteiger partial charge in [-0.05, 0) is 37.8 Å². The van der Waals surface area contributed by atoms with Gasteiger partial charge < -0.3 is 10.6 Å². The van der Waals surface area contributed by atoms with E-state index in [0.717, 1.165) is 12.8 Å². The molecule has 2 heterocycles. The molecule has 0 spiro atoms. The molecule has 128 valence electrons. The third-order valence-corrected chi connectivity index (χ3v) is 5.28. The average molecular weight is 361 g/mol. The average Bonchev–Trinajstić information content (AvgIpc) is 2.47. The number of carbonyl (C=O) groups excluding carboxylic acids is 1. The van der Waals surface area contributed by atoms with Crippen LogP contribution in [0.5, 0.6) is 0 Å². The Morgan fingerprint density at radius 1 is 1.48 bits per heavy atom.